The van der Waals surface area contributed by atoms with Gasteiger partial charge < -0.3 is 24.8 Å². The number of hydrogen-bond donors (Lipinski definition) is 2. The van der Waals surface area contributed by atoms with Crippen LogP contribution in [0.2, 0.25) is 0 Å². The number of carbonyl (C=O) groups is 2. The molecule has 156 valence electrons. The Hall–Kier alpha value is -2.94. The van der Waals surface area contributed by atoms with Gasteiger partial charge in [-0.3, -0.25) is 9.59 Å². The molecule has 29 heavy (non-hydrogen) atoms. The first kappa shape index (κ1) is 20.8. The smallest absolute Gasteiger partial charge is 0.255 e. The van der Waals surface area contributed by atoms with Crippen molar-refractivity contribution >= 4 is 28.8 Å². The van der Waals surface area contributed by atoms with Crippen LogP contribution in [0, 0.1) is 0 Å². The van der Waals surface area contributed by atoms with Crippen molar-refractivity contribution in [3.05, 3.63) is 30.6 Å². The number of anilines is 1. The molecule has 1 fully saturated rings. The second-order valence-corrected chi connectivity index (χ2v) is 7.89. The maximum Gasteiger partial charge on any atom is 0.255 e. The number of methoxy groups -OCH3 is 1. The molecule has 0 saturated carbocycles. The molecule has 2 amide bonds. The van der Waals surface area contributed by atoms with E-state index in [1.165, 1.54) is 6.08 Å². The summed E-state index contributed by atoms with van der Waals surface area (Å²) in [5.41, 5.74) is 1.13. The molecule has 3 heterocycles. The molecule has 0 aliphatic carbocycles. The Morgan fingerprint density at radius 1 is 1.45 bits per heavy atom. The number of aromatic amines is 1. The average Bonchev–Trinajstić information content (AvgIpc) is 3.10. The van der Waals surface area contributed by atoms with Crippen LogP contribution in [-0.4, -0.2) is 76.6 Å². The molecule has 0 aromatic carbocycles. The normalized spacial score (nSPS) is 17.2. The summed E-state index contributed by atoms with van der Waals surface area (Å²) in [5, 5.41) is 2.89. The zero-order valence-corrected chi connectivity index (χ0v) is 17.4. The first-order valence-electron chi connectivity index (χ1n) is 9.59. The molecule has 1 aliphatic rings. The molecule has 0 radical (unpaired) electrons. The quantitative estimate of drug-likeness (QED) is 0.709. The Kier molecular flexibility index (Phi) is 5.88. The van der Waals surface area contributed by atoms with Crippen molar-refractivity contribution in [1.82, 2.24) is 25.2 Å². The number of nitrogens with one attached hydrogen (secondary N) is 2. The van der Waals surface area contributed by atoms with E-state index in [0.29, 0.717) is 48.8 Å². The molecule has 1 aliphatic heterocycles. The summed E-state index contributed by atoms with van der Waals surface area (Å²) >= 11 is 0. The molecule has 1 saturated heterocycles. The van der Waals surface area contributed by atoms with Crippen molar-refractivity contribution in [3.63, 3.8) is 0 Å². The fourth-order valence-electron chi connectivity index (χ4n) is 3.67. The Bertz CT molecular complexity index is 922. The zero-order chi connectivity index (χ0) is 21.2. The Morgan fingerprint density at radius 2 is 2.21 bits per heavy atom. The minimum atomic E-state index is -0.381. The van der Waals surface area contributed by atoms with Crippen LogP contribution < -0.4 is 10.2 Å². The molecule has 0 bridgehead atoms. The van der Waals surface area contributed by atoms with Crippen LogP contribution in [0.15, 0.2) is 25.0 Å². The number of amides is 2. The summed E-state index contributed by atoms with van der Waals surface area (Å²) in [6.07, 6.45) is 4.65. The van der Waals surface area contributed by atoms with Gasteiger partial charge in [0.25, 0.3) is 5.91 Å². The molecule has 3 rings (SSSR count). The van der Waals surface area contributed by atoms with Crippen LogP contribution in [0.4, 0.5) is 5.82 Å². The van der Waals surface area contributed by atoms with Gasteiger partial charge in [0.05, 0.1) is 23.9 Å². The van der Waals surface area contributed by atoms with E-state index in [4.69, 9.17) is 9.72 Å². The standard InChI is InChI=1S/C20H28N6O3/c1-6-16(27)26-8-7-25(12-20(26,3)4)15-10-22-18-17(24-15)14(9-21-18)19(28)23-13(2)11-29-5/h6,9-10,13H,1,7-8,11-12H2,2-5H3,(H,21,22)(H,23,28)/t13-/m1/s1. The minimum absolute atomic E-state index is 0.0778. The van der Waals surface area contributed by atoms with Gasteiger partial charge in [-0.1, -0.05) is 6.58 Å². The summed E-state index contributed by atoms with van der Waals surface area (Å²) < 4.78 is 5.07. The van der Waals surface area contributed by atoms with Gasteiger partial charge >= 0.3 is 0 Å². The highest BCUT2D eigenvalue weighted by Crippen LogP contribution is 2.26. The number of carbonyl (C=O) groups excluding carboxylic acids is 2. The van der Waals surface area contributed by atoms with Gasteiger partial charge in [0.2, 0.25) is 5.91 Å². The first-order chi connectivity index (χ1) is 13.8. The largest absolute Gasteiger partial charge is 0.383 e. The molecule has 2 N–H and O–H groups in total. The molecule has 1 atom stereocenters. The molecule has 0 unspecified atom stereocenters. The summed E-state index contributed by atoms with van der Waals surface area (Å²) in [6, 6.07) is -0.120. The Labute approximate surface area is 170 Å². The van der Waals surface area contributed by atoms with E-state index in [0.717, 1.165) is 0 Å². The number of piperazine rings is 1. The zero-order valence-electron chi connectivity index (χ0n) is 17.4. The fraction of sp³-hybridized carbons (Fsp3) is 0.500. The topological polar surface area (TPSA) is 103 Å². The lowest BCUT2D eigenvalue weighted by Gasteiger charge is -2.47. The van der Waals surface area contributed by atoms with E-state index >= 15 is 0 Å². The second kappa shape index (κ2) is 8.20. The lowest BCUT2D eigenvalue weighted by atomic mass is 9.98. The first-order valence-corrected chi connectivity index (χ1v) is 9.59. The number of nitrogens with zero attached hydrogens (tertiary/aromatic N) is 4. The highest BCUT2D eigenvalue weighted by molar-refractivity contribution is 6.04. The third-order valence-electron chi connectivity index (χ3n) is 5.07. The van der Waals surface area contributed by atoms with E-state index in [9.17, 15) is 9.59 Å². The van der Waals surface area contributed by atoms with Gasteiger partial charge in [-0.05, 0) is 26.8 Å². The van der Waals surface area contributed by atoms with Crippen LogP contribution in [-0.2, 0) is 9.53 Å². The number of rotatable bonds is 6. The van der Waals surface area contributed by atoms with E-state index in [1.807, 2.05) is 25.7 Å². The number of hydrogen-bond acceptors (Lipinski definition) is 6. The lowest BCUT2D eigenvalue weighted by molar-refractivity contribution is -0.131. The lowest BCUT2D eigenvalue weighted by Crippen LogP contribution is -2.61. The Balaban J connectivity index is 1.84. The minimum Gasteiger partial charge on any atom is -0.383 e. The predicted molar refractivity (Wildman–Crippen MR) is 111 cm³/mol. The van der Waals surface area contributed by atoms with Crippen LogP contribution in [0.1, 0.15) is 31.1 Å². The molecular formula is C20H28N6O3. The van der Waals surface area contributed by atoms with E-state index in [2.05, 4.69) is 26.8 Å². The molecular weight excluding hydrogens is 372 g/mol. The SMILES string of the molecule is C=CC(=O)N1CCN(c2cnc3[nH]cc(C(=O)N[C@H](C)COC)c3n2)CC1(C)C. The molecule has 9 heteroatoms. The third kappa shape index (κ3) is 4.24. The highest BCUT2D eigenvalue weighted by atomic mass is 16.5. The van der Waals surface area contributed by atoms with Gasteiger partial charge in [0.1, 0.15) is 11.3 Å². The van der Waals surface area contributed by atoms with Crippen LogP contribution in [0.25, 0.3) is 11.2 Å². The maximum absolute atomic E-state index is 12.6. The Morgan fingerprint density at radius 3 is 2.86 bits per heavy atom. The number of ether oxygens (including phenoxy) is 1. The number of fused-ring (bicyclic) bond motifs is 1. The van der Waals surface area contributed by atoms with Gasteiger partial charge in [-0.2, -0.15) is 0 Å². The molecule has 2 aromatic rings. The number of H-pyrrole nitrogens is 1. The van der Waals surface area contributed by atoms with Crippen LogP contribution in [0.5, 0.6) is 0 Å². The third-order valence-corrected chi connectivity index (χ3v) is 5.07. The maximum atomic E-state index is 12.6. The van der Waals surface area contributed by atoms with Gasteiger partial charge in [0, 0.05) is 39.0 Å². The summed E-state index contributed by atoms with van der Waals surface area (Å²) in [4.78, 5) is 40.8. The van der Waals surface area contributed by atoms with Crippen molar-refractivity contribution in [3.8, 4) is 0 Å². The molecule has 2 aromatic heterocycles. The van der Waals surface area contributed by atoms with Crippen LogP contribution in [0.3, 0.4) is 0 Å². The van der Waals surface area contributed by atoms with Crippen molar-refractivity contribution < 1.29 is 14.3 Å². The van der Waals surface area contributed by atoms with E-state index in [-0.39, 0.29) is 23.4 Å². The van der Waals surface area contributed by atoms with Crippen molar-refractivity contribution in [2.24, 2.45) is 0 Å². The van der Waals surface area contributed by atoms with Crippen molar-refractivity contribution in [1.29, 1.82) is 0 Å². The van der Waals surface area contributed by atoms with Crippen molar-refractivity contribution in [2.75, 3.05) is 38.3 Å². The van der Waals surface area contributed by atoms with Gasteiger partial charge in [-0.25, -0.2) is 9.97 Å². The van der Waals surface area contributed by atoms with E-state index < -0.39 is 0 Å². The second-order valence-electron chi connectivity index (χ2n) is 7.89. The molecule has 9 nitrogen and oxygen atoms in total. The summed E-state index contributed by atoms with van der Waals surface area (Å²) in [6.45, 7) is 11.7. The van der Waals surface area contributed by atoms with Gasteiger partial charge in [0.15, 0.2) is 5.65 Å². The monoisotopic (exact) mass is 400 g/mol. The summed E-state index contributed by atoms with van der Waals surface area (Å²) in [5.74, 6) is 0.370. The number of aromatic nitrogens is 3. The fourth-order valence-corrected chi connectivity index (χ4v) is 3.67. The summed E-state index contributed by atoms with van der Waals surface area (Å²) in [7, 11) is 1.59. The average molecular weight is 400 g/mol. The van der Waals surface area contributed by atoms with E-state index in [1.54, 1.807) is 19.5 Å². The highest BCUT2D eigenvalue weighted by Gasteiger charge is 2.36. The predicted octanol–water partition coefficient (Wildman–Crippen LogP) is 1.34. The molecule has 0 spiro atoms. The van der Waals surface area contributed by atoms with Crippen LogP contribution >= 0.6 is 0 Å². The van der Waals surface area contributed by atoms with Gasteiger partial charge in [-0.15, -0.1) is 0 Å². The van der Waals surface area contributed by atoms with Crippen molar-refractivity contribution in [2.45, 2.75) is 32.4 Å².